The lowest BCUT2D eigenvalue weighted by Crippen LogP contribution is -2.47. The van der Waals surface area contributed by atoms with Crippen LogP contribution >= 0.6 is 0 Å². The minimum atomic E-state index is -0.465. The smallest absolute Gasteiger partial charge is 0.0821 e. The van der Waals surface area contributed by atoms with Gasteiger partial charge in [-0.1, -0.05) is 30.3 Å². The second kappa shape index (κ2) is 7.90. The van der Waals surface area contributed by atoms with Crippen LogP contribution in [0.15, 0.2) is 30.3 Å². The molecular formula is C17H29N3O. The van der Waals surface area contributed by atoms with Crippen molar-refractivity contribution in [1.82, 2.24) is 9.80 Å². The van der Waals surface area contributed by atoms with E-state index in [0.717, 1.165) is 19.5 Å². The number of aliphatic hydroxyl groups excluding tert-OH is 1. The highest BCUT2D eigenvalue weighted by atomic mass is 16.3. The number of hydrogen-bond donors (Lipinski definition) is 2. The Kier molecular flexibility index (Phi) is 6.18. The normalized spacial score (nSPS) is 22.6. The number of nitrogens with zero attached hydrogens (tertiary/aromatic N) is 2. The van der Waals surface area contributed by atoms with Crippen LogP contribution in [0.4, 0.5) is 0 Å². The summed E-state index contributed by atoms with van der Waals surface area (Å²) in [6, 6.07) is 10.5. The molecule has 0 amide bonds. The van der Waals surface area contributed by atoms with E-state index in [9.17, 15) is 5.11 Å². The van der Waals surface area contributed by atoms with Gasteiger partial charge in [0.25, 0.3) is 0 Å². The van der Waals surface area contributed by atoms with Gasteiger partial charge in [0, 0.05) is 25.2 Å². The lowest BCUT2D eigenvalue weighted by molar-refractivity contribution is 0.0794. The SMILES string of the molecule is CN(C)CC1CCCN1CC(O)C(N)Cc1ccccc1. The number of nitrogens with two attached hydrogens (primary N) is 1. The fourth-order valence-electron chi connectivity index (χ4n) is 3.16. The molecule has 0 aliphatic carbocycles. The zero-order chi connectivity index (χ0) is 15.2. The van der Waals surface area contributed by atoms with Crippen molar-refractivity contribution in [3.05, 3.63) is 35.9 Å². The molecule has 3 unspecified atom stereocenters. The zero-order valence-corrected chi connectivity index (χ0v) is 13.3. The summed E-state index contributed by atoms with van der Waals surface area (Å²) >= 11 is 0. The highest BCUT2D eigenvalue weighted by Gasteiger charge is 2.28. The molecule has 4 nitrogen and oxygen atoms in total. The van der Waals surface area contributed by atoms with Crippen LogP contribution < -0.4 is 5.73 Å². The molecular weight excluding hydrogens is 262 g/mol. The van der Waals surface area contributed by atoms with Crippen LogP contribution in [0.25, 0.3) is 0 Å². The number of benzene rings is 1. The summed E-state index contributed by atoms with van der Waals surface area (Å²) in [4.78, 5) is 4.62. The number of β-amino-alcohol motifs (C(OH)–C–C–N with tert-alkyl or cyclic N) is 1. The number of likely N-dealkylation sites (N-methyl/N-ethyl adjacent to an activating group) is 1. The Hall–Kier alpha value is -0.940. The Balaban J connectivity index is 1.83. The molecule has 1 aromatic carbocycles. The van der Waals surface area contributed by atoms with Gasteiger partial charge in [-0.2, -0.15) is 0 Å². The Morgan fingerprint density at radius 1 is 1.33 bits per heavy atom. The molecule has 4 heteroatoms. The Morgan fingerprint density at radius 2 is 2.05 bits per heavy atom. The van der Waals surface area contributed by atoms with Gasteiger partial charge in [0.15, 0.2) is 0 Å². The van der Waals surface area contributed by atoms with Crippen molar-refractivity contribution in [2.24, 2.45) is 5.73 Å². The van der Waals surface area contributed by atoms with Crippen LogP contribution in [0.5, 0.6) is 0 Å². The molecule has 0 saturated carbocycles. The first-order chi connectivity index (χ1) is 10.1. The molecule has 1 heterocycles. The maximum atomic E-state index is 10.4. The predicted molar refractivity (Wildman–Crippen MR) is 87.3 cm³/mol. The van der Waals surface area contributed by atoms with Gasteiger partial charge in [0.05, 0.1) is 6.10 Å². The standard InChI is InChI=1S/C17H29N3O/c1-19(2)12-15-9-6-10-20(15)13-17(21)16(18)11-14-7-4-3-5-8-14/h3-5,7-8,15-17,21H,6,9-13,18H2,1-2H3. The average molecular weight is 291 g/mol. The van der Waals surface area contributed by atoms with Crippen LogP contribution in [-0.4, -0.2) is 66.8 Å². The maximum absolute atomic E-state index is 10.4. The van der Waals surface area contributed by atoms with Crippen molar-refractivity contribution < 1.29 is 5.11 Å². The molecule has 21 heavy (non-hydrogen) atoms. The van der Waals surface area contributed by atoms with Crippen LogP contribution in [-0.2, 0) is 6.42 Å². The van der Waals surface area contributed by atoms with Gasteiger partial charge in [-0.3, -0.25) is 4.90 Å². The molecule has 0 bridgehead atoms. The van der Waals surface area contributed by atoms with Gasteiger partial charge < -0.3 is 15.7 Å². The molecule has 1 saturated heterocycles. The number of hydrogen-bond acceptors (Lipinski definition) is 4. The summed E-state index contributed by atoms with van der Waals surface area (Å²) in [6.07, 6.45) is 2.71. The average Bonchev–Trinajstić information content (AvgIpc) is 2.86. The molecule has 2 rings (SSSR count). The number of likely N-dealkylation sites (tertiary alicyclic amines) is 1. The van der Waals surface area contributed by atoms with Crippen molar-refractivity contribution in [3.63, 3.8) is 0 Å². The summed E-state index contributed by atoms with van der Waals surface area (Å²) in [5.41, 5.74) is 7.38. The van der Waals surface area contributed by atoms with Crippen molar-refractivity contribution in [3.8, 4) is 0 Å². The van der Waals surface area contributed by atoms with Crippen LogP contribution in [0, 0.1) is 0 Å². The maximum Gasteiger partial charge on any atom is 0.0821 e. The lowest BCUT2D eigenvalue weighted by Gasteiger charge is -2.30. The van der Waals surface area contributed by atoms with Crippen molar-refractivity contribution in [2.45, 2.75) is 37.5 Å². The van der Waals surface area contributed by atoms with E-state index in [4.69, 9.17) is 5.73 Å². The second-order valence-corrected chi connectivity index (χ2v) is 6.47. The molecule has 1 aromatic rings. The zero-order valence-electron chi connectivity index (χ0n) is 13.3. The van der Waals surface area contributed by atoms with Gasteiger partial charge in [0.2, 0.25) is 0 Å². The summed E-state index contributed by atoms with van der Waals surface area (Å²) in [7, 11) is 4.21. The lowest BCUT2D eigenvalue weighted by atomic mass is 10.0. The van der Waals surface area contributed by atoms with E-state index >= 15 is 0 Å². The summed E-state index contributed by atoms with van der Waals surface area (Å²) in [5, 5.41) is 10.4. The Bertz CT molecular complexity index is 410. The van der Waals surface area contributed by atoms with Crippen molar-refractivity contribution in [2.75, 3.05) is 33.7 Å². The van der Waals surface area contributed by atoms with Crippen LogP contribution in [0.2, 0.25) is 0 Å². The first-order valence-corrected chi connectivity index (χ1v) is 7.92. The fraction of sp³-hybridized carbons (Fsp3) is 0.647. The van der Waals surface area contributed by atoms with E-state index in [1.807, 2.05) is 18.2 Å². The number of rotatable bonds is 7. The minimum Gasteiger partial charge on any atom is -0.390 e. The summed E-state index contributed by atoms with van der Waals surface area (Å²) < 4.78 is 0. The molecule has 0 spiro atoms. The van der Waals surface area contributed by atoms with E-state index in [-0.39, 0.29) is 6.04 Å². The number of aliphatic hydroxyl groups is 1. The van der Waals surface area contributed by atoms with Gasteiger partial charge in [-0.15, -0.1) is 0 Å². The first-order valence-electron chi connectivity index (χ1n) is 7.92. The van der Waals surface area contributed by atoms with Crippen molar-refractivity contribution in [1.29, 1.82) is 0 Å². The van der Waals surface area contributed by atoms with E-state index in [1.54, 1.807) is 0 Å². The molecule has 0 radical (unpaired) electrons. The Labute approximate surface area is 128 Å². The predicted octanol–water partition coefficient (Wildman–Crippen LogP) is 0.943. The van der Waals surface area contributed by atoms with Crippen molar-refractivity contribution >= 4 is 0 Å². The highest BCUT2D eigenvalue weighted by molar-refractivity contribution is 5.16. The van der Waals surface area contributed by atoms with Gasteiger partial charge in [-0.05, 0) is 45.5 Å². The monoisotopic (exact) mass is 291 g/mol. The fourth-order valence-corrected chi connectivity index (χ4v) is 3.16. The van der Waals surface area contributed by atoms with Crippen LogP contribution in [0.1, 0.15) is 18.4 Å². The summed E-state index contributed by atoms with van der Waals surface area (Å²) in [5.74, 6) is 0. The first kappa shape index (κ1) is 16.4. The summed E-state index contributed by atoms with van der Waals surface area (Å²) in [6.45, 7) is 2.82. The van der Waals surface area contributed by atoms with E-state index in [0.29, 0.717) is 12.6 Å². The third-order valence-electron chi connectivity index (χ3n) is 4.30. The van der Waals surface area contributed by atoms with E-state index in [2.05, 4.69) is 36.0 Å². The topological polar surface area (TPSA) is 52.7 Å². The Morgan fingerprint density at radius 3 is 2.71 bits per heavy atom. The minimum absolute atomic E-state index is 0.201. The quantitative estimate of drug-likeness (QED) is 0.785. The molecule has 1 fully saturated rings. The third kappa shape index (κ3) is 5.08. The molecule has 3 N–H and O–H groups in total. The van der Waals surface area contributed by atoms with Gasteiger partial charge >= 0.3 is 0 Å². The van der Waals surface area contributed by atoms with Crippen LogP contribution in [0.3, 0.4) is 0 Å². The highest BCUT2D eigenvalue weighted by Crippen LogP contribution is 2.18. The molecule has 1 aliphatic heterocycles. The van der Waals surface area contributed by atoms with E-state index in [1.165, 1.54) is 18.4 Å². The molecule has 118 valence electrons. The molecule has 0 aromatic heterocycles. The third-order valence-corrected chi connectivity index (χ3v) is 4.30. The molecule has 1 aliphatic rings. The van der Waals surface area contributed by atoms with E-state index < -0.39 is 6.10 Å². The largest absolute Gasteiger partial charge is 0.390 e. The molecule has 3 atom stereocenters. The van der Waals surface area contributed by atoms with Gasteiger partial charge in [0.1, 0.15) is 0 Å². The second-order valence-electron chi connectivity index (χ2n) is 6.47. The van der Waals surface area contributed by atoms with Gasteiger partial charge in [-0.25, -0.2) is 0 Å².